The van der Waals surface area contributed by atoms with Gasteiger partial charge in [-0.25, -0.2) is 4.39 Å². The number of hydrogen-bond donors (Lipinski definition) is 0. The van der Waals surface area contributed by atoms with E-state index in [0.29, 0.717) is 30.0 Å². The first kappa shape index (κ1) is 20.4. The quantitative estimate of drug-likeness (QED) is 0.593. The van der Waals surface area contributed by atoms with Crippen LogP contribution in [-0.4, -0.2) is 51.3 Å². The van der Waals surface area contributed by atoms with Crippen LogP contribution in [0.4, 0.5) is 13.2 Å². The van der Waals surface area contributed by atoms with Crippen molar-refractivity contribution in [2.24, 2.45) is 0 Å². The summed E-state index contributed by atoms with van der Waals surface area (Å²) in [5.41, 5.74) is 1.14. The molecule has 3 aromatic rings. The van der Waals surface area contributed by atoms with E-state index >= 15 is 0 Å². The maximum Gasteiger partial charge on any atom is 0.314 e. The Bertz CT molecular complexity index is 1140. The van der Waals surface area contributed by atoms with Gasteiger partial charge >= 0.3 is 6.43 Å². The number of nitrogens with zero attached hydrogens (tertiary/aromatic N) is 4. The highest BCUT2D eigenvalue weighted by molar-refractivity contribution is 5.99. The van der Waals surface area contributed by atoms with Crippen molar-refractivity contribution >= 4 is 5.91 Å². The lowest BCUT2D eigenvalue weighted by Gasteiger charge is -2.37. The summed E-state index contributed by atoms with van der Waals surface area (Å²) in [6.07, 6.45) is -1.28. The molecule has 0 aliphatic carbocycles. The molecule has 2 atom stereocenters. The average molecular weight is 446 g/mol. The summed E-state index contributed by atoms with van der Waals surface area (Å²) in [5.74, 6) is -1.09. The molecule has 166 valence electrons. The summed E-state index contributed by atoms with van der Waals surface area (Å²) in [4.78, 5) is 19.1. The highest BCUT2D eigenvalue weighted by atomic mass is 19.3. The molecule has 4 heterocycles. The zero-order chi connectivity index (χ0) is 22.2. The number of benzene rings is 1. The molecular formula is C21H17F3N4O4. The molecule has 11 heteroatoms. The van der Waals surface area contributed by atoms with Crippen molar-refractivity contribution in [1.82, 2.24) is 20.1 Å². The van der Waals surface area contributed by atoms with E-state index in [-0.39, 0.29) is 48.5 Å². The Hall–Kier alpha value is -3.47. The Morgan fingerprint density at radius 1 is 1.19 bits per heavy atom. The van der Waals surface area contributed by atoms with Gasteiger partial charge in [-0.15, -0.1) is 10.2 Å². The molecule has 5 rings (SSSR count). The highest BCUT2D eigenvalue weighted by Gasteiger charge is 2.40. The first-order chi connectivity index (χ1) is 15.5. The second kappa shape index (κ2) is 8.23. The highest BCUT2D eigenvalue weighted by Crippen LogP contribution is 2.31. The van der Waals surface area contributed by atoms with Gasteiger partial charge in [0.25, 0.3) is 11.8 Å². The van der Waals surface area contributed by atoms with Gasteiger partial charge in [-0.3, -0.25) is 9.78 Å². The molecular weight excluding hydrogens is 429 g/mol. The van der Waals surface area contributed by atoms with Crippen LogP contribution in [-0.2, 0) is 11.3 Å². The van der Waals surface area contributed by atoms with Gasteiger partial charge in [0, 0.05) is 12.6 Å². The van der Waals surface area contributed by atoms with E-state index in [1.807, 2.05) is 0 Å². The van der Waals surface area contributed by atoms with Crippen LogP contribution in [0.1, 0.15) is 34.8 Å². The van der Waals surface area contributed by atoms with Gasteiger partial charge < -0.3 is 18.8 Å². The normalized spacial score (nSPS) is 20.6. The maximum atomic E-state index is 13.2. The average Bonchev–Trinajstić information content (AvgIpc) is 3.41. The van der Waals surface area contributed by atoms with Crippen molar-refractivity contribution in [1.29, 1.82) is 0 Å². The van der Waals surface area contributed by atoms with Crippen molar-refractivity contribution in [3.63, 3.8) is 0 Å². The van der Waals surface area contributed by atoms with Crippen LogP contribution >= 0.6 is 0 Å². The van der Waals surface area contributed by atoms with Crippen LogP contribution in [0.15, 0.2) is 40.9 Å². The number of ether oxygens (including phenoxy) is 2. The van der Waals surface area contributed by atoms with Crippen LogP contribution in [0.5, 0.6) is 5.75 Å². The minimum atomic E-state index is -2.89. The van der Waals surface area contributed by atoms with Gasteiger partial charge in [0.2, 0.25) is 5.89 Å². The third-order valence-electron chi connectivity index (χ3n) is 5.42. The van der Waals surface area contributed by atoms with Crippen molar-refractivity contribution < 1.29 is 31.9 Å². The van der Waals surface area contributed by atoms with Gasteiger partial charge in [-0.05, 0) is 30.3 Å². The van der Waals surface area contributed by atoms with Crippen molar-refractivity contribution in [2.75, 3.05) is 13.2 Å². The van der Waals surface area contributed by atoms with E-state index in [4.69, 9.17) is 13.9 Å². The van der Waals surface area contributed by atoms with Gasteiger partial charge in [-0.1, -0.05) is 0 Å². The molecule has 1 aromatic carbocycles. The van der Waals surface area contributed by atoms with Gasteiger partial charge in [0.1, 0.15) is 17.7 Å². The zero-order valence-corrected chi connectivity index (χ0v) is 16.6. The van der Waals surface area contributed by atoms with E-state index in [1.54, 1.807) is 4.90 Å². The fourth-order valence-corrected chi connectivity index (χ4v) is 3.84. The Morgan fingerprint density at radius 2 is 2.00 bits per heavy atom. The maximum absolute atomic E-state index is 13.2. The number of rotatable bonds is 5. The largest absolute Gasteiger partial charge is 0.488 e. The molecule has 2 aliphatic rings. The fourth-order valence-electron chi connectivity index (χ4n) is 3.84. The molecule has 0 spiro atoms. The number of pyridine rings is 1. The molecule has 1 fully saturated rings. The molecule has 0 saturated carbocycles. The summed E-state index contributed by atoms with van der Waals surface area (Å²) in [6, 6.07) is 6.81. The molecule has 0 bridgehead atoms. The molecule has 1 amide bonds. The summed E-state index contributed by atoms with van der Waals surface area (Å²) in [5, 5.41) is 6.91. The molecule has 8 nitrogen and oxygen atoms in total. The Labute approximate surface area is 180 Å². The monoisotopic (exact) mass is 446 g/mol. The van der Waals surface area contributed by atoms with Crippen molar-refractivity contribution in [3.05, 3.63) is 59.5 Å². The van der Waals surface area contributed by atoms with E-state index in [0.717, 1.165) is 0 Å². The van der Waals surface area contributed by atoms with Gasteiger partial charge in [0.05, 0.1) is 42.6 Å². The van der Waals surface area contributed by atoms with E-state index in [1.165, 1.54) is 36.5 Å². The number of carbonyl (C=O) groups excluding carboxylic acids is 1. The van der Waals surface area contributed by atoms with Crippen LogP contribution < -0.4 is 4.74 Å². The fraction of sp³-hybridized carbons (Fsp3) is 0.333. The smallest absolute Gasteiger partial charge is 0.314 e. The third-order valence-corrected chi connectivity index (χ3v) is 5.42. The molecule has 1 saturated heterocycles. The third kappa shape index (κ3) is 3.79. The number of fused-ring (bicyclic) bond motifs is 1. The zero-order valence-electron chi connectivity index (χ0n) is 16.6. The predicted octanol–water partition coefficient (Wildman–Crippen LogP) is 3.40. The first-order valence-electron chi connectivity index (χ1n) is 9.91. The molecule has 0 unspecified atom stereocenters. The van der Waals surface area contributed by atoms with Crippen LogP contribution in [0, 0.1) is 5.82 Å². The van der Waals surface area contributed by atoms with E-state index in [2.05, 4.69) is 15.2 Å². The summed E-state index contributed by atoms with van der Waals surface area (Å²) in [6.45, 7) is 1.00. The second-order valence-electron chi connectivity index (χ2n) is 7.44. The summed E-state index contributed by atoms with van der Waals surface area (Å²) >= 11 is 0. The Morgan fingerprint density at radius 3 is 2.75 bits per heavy atom. The summed E-state index contributed by atoms with van der Waals surface area (Å²) in [7, 11) is 0. The van der Waals surface area contributed by atoms with E-state index < -0.39 is 12.3 Å². The molecule has 2 aliphatic heterocycles. The van der Waals surface area contributed by atoms with Crippen LogP contribution in [0.3, 0.4) is 0 Å². The summed E-state index contributed by atoms with van der Waals surface area (Å²) < 4.78 is 55.2. The number of aromatic nitrogens is 3. The minimum absolute atomic E-state index is 0.139. The standard InChI is InChI=1S/C21H17F3N4O4/c22-12-1-3-13(4-2-12)31-17-5-6-30-10-16(17)28-9-15-14(21(28)29)7-11(8-25-15)19-26-27-20(32-19)18(23)24/h1-4,7-8,16-18H,5-6,9-10H2/t16-,17-/m1/s1. The van der Waals surface area contributed by atoms with Crippen molar-refractivity contribution in [3.8, 4) is 17.2 Å². The SMILES string of the molecule is O=C1c2cc(-c3nnc(C(F)F)o3)cnc2CN1[C@@H]1COCC[C@H]1Oc1ccc(F)cc1. The number of halogens is 3. The lowest BCUT2D eigenvalue weighted by molar-refractivity contribution is -0.0430. The lowest BCUT2D eigenvalue weighted by Crippen LogP contribution is -2.52. The Kier molecular flexibility index (Phi) is 5.25. The number of carbonyl (C=O) groups is 1. The van der Waals surface area contributed by atoms with Crippen LogP contribution in [0.25, 0.3) is 11.5 Å². The van der Waals surface area contributed by atoms with Gasteiger partial charge in [0.15, 0.2) is 0 Å². The molecule has 0 radical (unpaired) electrons. The topological polar surface area (TPSA) is 90.6 Å². The minimum Gasteiger partial charge on any atom is -0.488 e. The van der Waals surface area contributed by atoms with Crippen LogP contribution in [0.2, 0.25) is 0 Å². The number of alkyl halides is 2. The number of amides is 1. The second-order valence-corrected chi connectivity index (χ2v) is 7.44. The molecule has 0 N–H and O–H groups in total. The molecule has 2 aromatic heterocycles. The van der Waals surface area contributed by atoms with Crippen molar-refractivity contribution in [2.45, 2.75) is 31.5 Å². The lowest BCUT2D eigenvalue weighted by atomic mass is 10.0. The Balaban J connectivity index is 1.37. The molecule has 32 heavy (non-hydrogen) atoms. The predicted molar refractivity (Wildman–Crippen MR) is 102 cm³/mol. The first-order valence-corrected chi connectivity index (χ1v) is 9.91. The number of hydrogen-bond acceptors (Lipinski definition) is 7. The van der Waals surface area contributed by atoms with E-state index in [9.17, 15) is 18.0 Å². The van der Waals surface area contributed by atoms with Gasteiger partial charge in [-0.2, -0.15) is 8.78 Å².